The number of aliphatic hydroxyl groups is 1. The molecule has 0 heterocycles. The van der Waals surface area contributed by atoms with Crippen molar-refractivity contribution < 1.29 is 5.11 Å². The molecule has 0 aromatic carbocycles. The van der Waals surface area contributed by atoms with Crippen LogP contribution in [0.3, 0.4) is 0 Å². The summed E-state index contributed by atoms with van der Waals surface area (Å²) in [4.78, 5) is 0. The van der Waals surface area contributed by atoms with Gasteiger partial charge in [-0.15, -0.1) is 0 Å². The molecule has 0 spiro atoms. The predicted octanol–water partition coefficient (Wildman–Crippen LogP) is 1.56. The van der Waals surface area contributed by atoms with Gasteiger partial charge in [-0.1, -0.05) is 20.3 Å². The lowest BCUT2D eigenvalue weighted by molar-refractivity contribution is 0.159. The highest BCUT2D eigenvalue weighted by Crippen LogP contribution is 1.98. The van der Waals surface area contributed by atoms with E-state index >= 15 is 0 Å². The smallest absolute Gasteiger partial charge is 0.0537 e. The molecule has 1 heteroatoms. The third kappa shape index (κ3) is 3.80. The van der Waals surface area contributed by atoms with E-state index in [2.05, 4.69) is 6.92 Å². The summed E-state index contributed by atoms with van der Waals surface area (Å²) in [6.07, 6.45) is 2.89. The number of hydrogen-bond acceptors (Lipinski definition) is 1. The first kappa shape index (κ1) is 6.96. The van der Waals surface area contributed by atoms with Gasteiger partial charge >= 0.3 is 0 Å². The molecule has 0 aromatic heterocycles. The maximum atomic E-state index is 8.86. The van der Waals surface area contributed by atoms with E-state index < -0.39 is 0 Å². The van der Waals surface area contributed by atoms with Crippen molar-refractivity contribution in [2.75, 3.05) is 0 Å². The fourth-order valence-electron chi connectivity index (χ4n) is 0.537. The second-order valence-corrected chi connectivity index (χ2v) is 1.85. The Bertz CT molecular complexity index is 35.2. The van der Waals surface area contributed by atoms with Crippen molar-refractivity contribution in [3.05, 3.63) is 0 Å². The van der Waals surface area contributed by atoms with Gasteiger partial charge in [0.25, 0.3) is 0 Å². The van der Waals surface area contributed by atoms with Crippen LogP contribution in [0.5, 0.6) is 0 Å². The fraction of sp³-hybridized carbons (Fsp3) is 1.00. The zero-order chi connectivity index (χ0) is 5.70. The van der Waals surface area contributed by atoms with Crippen LogP contribution in [0.25, 0.3) is 0 Å². The quantitative estimate of drug-likeness (QED) is 0.573. The largest absolute Gasteiger partial charge is 0.393 e. The van der Waals surface area contributed by atoms with Crippen molar-refractivity contribution >= 4 is 0 Å². The molecule has 0 amide bonds. The van der Waals surface area contributed by atoms with Crippen molar-refractivity contribution in [1.29, 1.82) is 0 Å². The molecule has 0 aliphatic rings. The van der Waals surface area contributed by atoms with Crippen LogP contribution in [0, 0.1) is 0 Å². The standard InChI is InChI=1S/C6H14O/c1-3-5-6(7)4-2/h6-7H,3-5H2,1-2H3/t6-/m0/s1. The summed E-state index contributed by atoms with van der Waals surface area (Å²) in [6, 6.07) is 0. The monoisotopic (exact) mass is 102 g/mol. The molecule has 0 aliphatic heterocycles. The number of hydrogen-bond donors (Lipinski definition) is 1. The minimum absolute atomic E-state index is 0.0509. The zero-order valence-electron chi connectivity index (χ0n) is 5.15. The Morgan fingerprint density at radius 2 is 2.00 bits per heavy atom. The highest BCUT2D eigenvalue weighted by molar-refractivity contribution is 4.47. The number of aliphatic hydroxyl groups excluding tert-OH is 1. The van der Waals surface area contributed by atoms with Gasteiger partial charge in [-0.05, 0) is 12.8 Å². The molecule has 0 aliphatic carbocycles. The first-order valence-electron chi connectivity index (χ1n) is 2.99. The fourth-order valence-corrected chi connectivity index (χ4v) is 0.537. The highest BCUT2D eigenvalue weighted by atomic mass is 16.3. The normalized spacial score (nSPS) is 14.1. The minimum Gasteiger partial charge on any atom is -0.393 e. The van der Waals surface area contributed by atoms with Crippen LogP contribution in [-0.2, 0) is 0 Å². The molecule has 1 N–H and O–H groups in total. The highest BCUT2D eigenvalue weighted by Gasteiger charge is 1.94. The Kier molecular flexibility index (Phi) is 4.10. The summed E-state index contributed by atoms with van der Waals surface area (Å²) in [5.41, 5.74) is 0. The summed E-state index contributed by atoms with van der Waals surface area (Å²) < 4.78 is 0. The third-order valence-electron chi connectivity index (χ3n) is 1.09. The first-order valence-corrected chi connectivity index (χ1v) is 2.99. The van der Waals surface area contributed by atoms with Gasteiger partial charge in [-0.25, -0.2) is 0 Å². The molecule has 0 unspecified atom stereocenters. The van der Waals surface area contributed by atoms with Crippen LogP contribution in [-0.4, -0.2) is 11.2 Å². The maximum Gasteiger partial charge on any atom is 0.0537 e. The van der Waals surface area contributed by atoms with E-state index in [0.29, 0.717) is 0 Å². The van der Waals surface area contributed by atoms with Gasteiger partial charge in [0.1, 0.15) is 0 Å². The maximum absolute atomic E-state index is 8.86. The molecule has 0 saturated carbocycles. The van der Waals surface area contributed by atoms with Gasteiger partial charge in [-0.3, -0.25) is 0 Å². The van der Waals surface area contributed by atoms with Gasteiger partial charge < -0.3 is 5.11 Å². The van der Waals surface area contributed by atoms with Crippen molar-refractivity contribution in [1.82, 2.24) is 0 Å². The van der Waals surface area contributed by atoms with E-state index in [1.165, 1.54) is 0 Å². The molecular weight excluding hydrogens is 88.1 g/mol. The van der Waals surface area contributed by atoms with E-state index in [-0.39, 0.29) is 6.10 Å². The molecule has 7 heavy (non-hydrogen) atoms. The summed E-state index contributed by atoms with van der Waals surface area (Å²) in [5, 5.41) is 8.86. The Balaban J connectivity index is 2.83. The van der Waals surface area contributed by atoms with Gasteiger partial charge in [0.2, 0.25) is 0 Å². The first-order chi connectivity index (χ1) is 3.31. The van der Waals surface area contributed by atoms with Crippen molar-refractivity contribution in [3.8, 4) is 0 Å². The van der Waals surface area contributed by atoms with Crippen LogP contribution >= 0.6 is 0 Å². The molecule has 0 radical (unpaired) electrons. The second-order valence-electron chi connectivity index (χ2n) is 1.85. The lowest BCUT2D eigenvalue weighted by Crippen LogP contribution is -2.01. The van der Waals surface area contributed by atoms with E-state index in [0.717, 1.165) is 19.3 Å². The average molecular weight is 102 g/mol. The summed E-state index contributed by atoms with van der Waals surface area (Å²) in [7, 11) is 0. The molecule has 1 nitrogen and oxygen atoms in total. The summed E-state index contributed by atoms with van der Waals surface area (Å²) >= 11 is 0. The molecule has 0 rings (SSSR count). The Labute approximate surface area is 45.4 Å². The molecular formula is C6H14O. The van der Waals surface area contributed by atoms with Crippen LogP contribution in [0.15, 0.2) is 0 Å². The molecule has 1 atom stereocenters. The lowest BCUT2D eigenvalue weighted by atomic mass is 10.2. The van der Waals surface area contributed by atoms with Crippen LogP contribution in [0.4, 0.5) is 0 Å². The van der Waals surface area contributed by atoms with Crippen molar-refractivity contribution in [3.63, 3.8) is 0 Å². The molecule has 0 saturated heterocycles. The van der Waals surface area contributed by atoms with Crippen molar-refractivity contribution in [2.24, 2.45) is 0 Å². The van der Waals surface area contributed by atoms with Crippen LogP contribution < -0.4 is 0 Å². The second kappa shape index (κ2) is 4.13. The van der Waals surface area contributed by atoms with E-state index in [9.17, 15) is 0 Å². The van der Waals surface area contributed by atoms with E-state index in [1.54, 1.807) is 0 Å². The van der Waals surface area contributed by atoms with Gasteiger partial charge in [0, 0.05) is 0 Å². The minimum atomic E-state index is -0.0509. The topological polar surface area (TPSA) is 20.2 Å². The van der Waals surface area contributed by atoms with E-state index in [4.69, 9.17) is 5.11 Å². The molecule has 44 valence electrons. The molecule has 0 fully saturated rings. The predicted molar refractivity (Wildman–Crippen MR) is 31.2 cm³/mol. The Hall–Kier alpha value is -0.0400. The molecule has 0 aromatic rings. The van der Waals surface area contributed by atoms with Gasteiger partial charge in [-0.2, -0.15) is 0 Å². The Morgan fingerprint density at radius 3 is 2.14 bits per heavy atom. The zero-order valence-corrected chi connectivity index (χ0v) is 5.15. The van der Waals surface area contributed by atoms with Crippen LogP contribution in [0.1, 0.15) is 33.1 Å². The summed E-state index contributed by atoms with van der Waals surface area (Å²) in [5.74, 6) is 0. The van der Waals surface area contributed by atoms with Gasteiger partial charge in [0.15, 0.2) is 0 Å². The summed E-state index contributed by atoms with van der Waals surface area (Å²) in [6.45, 7) is 4.08. The lowest BCUT2D eigenvalue weighted by Gasteiger charge is -2.01. The third-order valence-corrected chi connectivity index (χ3v) is 1.09. The van der Waals surface area contributed by atoms with Gasteiger partial charge in [0.05, 0.1) is 6.10 Å². The number of rotatable bonds is 3. The molecule has 0 bridgehead atoms. The SMILES string of the molecule is CCC[C@@H](O)CC. The van der Waals surface area contributed by atoms with Crippen molar-refractivity contribution in [2.45, 2.75) is 39.2 Å². The van der Waals surface area contributed by atoms with E-state index in [1.807, 2.05) is 6.92 Å². The van der Waals surface area contributed by atoms with Crippen LogP contribution in [0.2, 0.25) is 0 Å². The Morgan fingerprint density at radius 1 is 1.43 bits per heavy atom. The average Bonchev–Trinajstić information content (AvgIpc) is 1.68.